The highest BCUT2D eigenvalue weighted by Gasteiger charge is 2.35. The topological polar surface area (TPSA) is 51.8 Å². The Labute approximate surface area is 188 Å². The summed E-state index contributed by atoms with van der Waals surface area (Å²) in [6.07, 6.45) is -0.0670. The fraction of sp³-hybridized carbons (Fsp3) is 0.0909. The van der Waals surface area contributed by atoms with Crippen molar-refractivity contribution in [2.24, 2.45) is 0 Å². The van der Waals surface area contributed by atoms with Crippen molar-refractivity contribution in [1.82, 2.24) is 9.97 Å². The summed E-state index contributed by atoms with van der Waals surface area (Å²) in [5.41, 5.74) is -3.89. The van der Waals surface area contributed by atoms with Crippen LogP contribution >= 0.6 is 0 Å². The van der Waals surface area contributed by atoms with E-state index in [4.69, 9.17) is 0 Å². The Morgan fingerprint density at radius 1 is 0.543 bits per heavy atom. The molecule has 13 heteroatoms. The molecule has 0 fully saturated rings. The molecule has 2 aromatic carbocycles. The van der Waals surface area contributed by atoms with E-state index in [9.17, 15) is 49.0 Å². The Morgan fingerprint density at radius 2 is 0.971 bits per heavy atom. The number of hydrogen-bond donors (Lipinski definition) is 3. The summed E-state index contributed by atoms with van der Waals surface area (Å²) in [4.78, 5) is 4.84. The van der Waals surface area contributed by atoms with Gasteiger partial charge in [-0.1, -0.05) is 0 Å². The van der Waals surface area contributed by atoms with Crippen LogP contribution in [0.4, 0.5) is 43.9 Å². The first-order valence-electron chi connectivity index (χ1n) is 9.49. The highest BCUT2D eigenvalue weighted by atomic mass is 19.2. The molecule has 0 radical (unpaired) electrons. The average molecular weight is 508 g/mol. The summed E-state index contributed by atoms with van der Waals surface area (Å²) in [6.45, 7) is 0. The third-order valence-corrected chi connectivity index (χ3v) is 5.34. The second kappa shape index (κ2) is 8.80. The molecule has 2 heterocycles. The van der Waals surface area contributed by atoms with Crippen molar-refractivity contribution in [3.05, 3.63) is 117 Å². The smallest absolute Gasteiger partial charge is 0.200 e. The summed E-state index contributed by atoms with van der Waals surface area (Å²) in [5.74, 6) is -24.7. The summed E-state index contributed by atoms with van der Waals surface area (Å²) >= 11 is 0. The minimum atomic E-state index is -2.49. The van der Waals surface area contributed by atoms with E-state index in [-0.39, 0.29) is 11.3 Å². The fourth-order valence-electron chi connectivity index (χ4n) is 3.67. The van der Waals surface area contributed by atoms with E-state index in [0.717, 1.165) is 18.3 Å². The van der Waals surface area contributed by atoms with Crippen molar-refractivity contribution in [1.29, 1.82) is 0 Å². The van der Waals surface area contributed by atoms with Gasteiger partial charge in [-0.15, -0.1) is 0 Å². The van der Waals surface area contributed by atoms with E-state index < -0.39 is 87.0 Å². The molecule has 0 amide bonds. The highest BCUT2D eigenvalue weighted by Crippen LogP contribution is 2.38. The molecule has 4 aromatic rings. The van der Waals surface area contributed by atoms with Crippen LogP contribution in [0.5, 0.6) is 0 Å². The molecule has 0 saturated heterocycles. The number of aliphatic hydroxyl groups is 1. The molecule has 3 N–H and O–H groups in total. The van der Waals surface area contributed by atoms with Crippen molar-refractivity contribution in [2.75, 3.05) is 0 Å². The lowest BCUT2D eigenvalue weighted by atomic mass is 9.89. The molecule has 2 aromatic heterocycles. The normalized spacial score (nSPS) is 13.3. The molecular weight excluding hydrogens is 498 g/mol. The Morgan fingerprint density at radius 3 is 1.43 bits per heavy atom. The molecule has 0 aliphatic carbocycles. The monoisotopic (exact) mass is 508 g/mol. The zero-order chi connectivity index (χ0) is 25.8. The lowest BCUT2D eigenvalue weighted by Gasteiger charge is -2.19. The molecule has 35 heavy (non-hydrogen) atoms. The maximum absolute atomic E-state index is 14.6. The number of aromatic amines is 2. The summed E-state index contributed by atoms with van der Waals surface area (Å²) in [6, 6.07) is 3.08. The van der Waals surface area contributed by atoms with E-state index in [1.54, 1.807) is 0 Å². The second-order valence-corrected chi connectivity index (χ2v) is 7.32. The van der Waals surface area contributed by atoms with Gasteiger partial charge < -0.3 is 15.1 Å². The van der Waals surface area contributed by atoms with Crippen LogP contribution in [0.2, 0.25) is 0 Å². The van der Waals surface area contributed by atoms with Gasteiger partial charge in [0.1, 0.15) is 6.10 Å². The van der Waals surface area contributed by atoms with Gasteiger partial charge in [0.25, 0.3) is 0 Å². The van der Waals surface area contributed by atoms with E-state index in [1.165, 1.54) is 12.3 Å². The van der Waals surface area contributed by atoms with Gasteiger partial charge in [0.15, 0.2) is 46.5 Å². The number of halogens is 10. The lowest BCUT2D eigenvalue weighted by molar-refractivity contribution is 0.198. The fourth-order valence-corrected chi connectivity index (χ4v) is 3.67. The maximum Gasteiger partial charge on any atom is 0.200 e. The largest absolute Gasteiger partial charge is 0.382 e. The van der Waals surface area contributed by atoms with Gasteiger partial charge in [0.05, 0.1) is 11.5 Å². The van der Waals surface area contributed by atoms with Crippen LogP contribution in [-0.4, -0.2) is 15.1 Å². The summed E-state index contributed by atoms with van der Waals surface area (Å²) in [7, 11) is 0. The molecule has 0 spiro atoms. The van der Waals surface area contributed by atoms with Crippen molar-refractivity contribution in [2.45, 2.75) is 12.0 Å². The first kappa shape index (κ1) is 24.4. The third kappa shape index (κ3) is 3.75. The van der Waals surface area contributed by atoms with Crippen molar-refractivity contribution in [3.63, 3.8) is 0 Å². The van der Waals surface area contributed by atoms with Gasteiger partial charge in [-0.05, 0) is 23.8 Å². The summed E-state index contributed by atoms with van der Waals surface area (Å²) in [5, 5.41) is 10.3. The zero-order valence-corrected chi connectivity index (χ0v) is 16.8. The molecule has 2 atom stereocenters. The number of H-pyrrole nitrogens is 2. The number of aromatic nitrogens is 2. The van der Waals surface area contributed by atoms with Crippen LogP contribution in [0.3, 0.4) is 0 Å². The molecule has 2 unspecified atom stereocenters. The number of nitrogens with one attached hydrogen (secondary N) is 2. The van der Waals surface area contributed by atoms with Gasteiger partial charge in [0, 0.05) is 29.3 Å². The maximum atomic E-state index is 14.6. The van der Waals surface area contributed by atoms with Gasteiger partial charge in [-0.3, -0.25) is 0 Å². The van der Waals surface area contributed by atoms with Gasteiger partial charge in [-0.2, -0.15) is 0 Å². The minimum Gasteiger partial charge on any atom is -0.382 e. The Kier molecular flexibility index (Phi) is 6.13. The molecule has 184 valence electrons. The quantitative estimate of drug-likeness (QED) is 0.173. The molecular formula is C22H10F10N2O. The first-order valence-corrected chi connectivity index (χ1v) is 9.49. The lowest BCUT2D eigenvalue weighted by Crippen LogP contribution is -2.15. The third-order valence-electron chi connectivity index (χ3n) is 5.34. The van der Waals surface area contributed by atoms with E-state index in [2.05, 4.69) is 9.97 Å². The Balaban J connectivity index is 1.88. The first-order chi connectivity index (χ1) is 16.5. The standard InChI is InChI=1S/C22H10F10N2O/c23-12-10(13(24)17(28)20(31)16(12)27)9(6-3-4-33-5-6)7-1-2-8(34-7)22(35)11-14(25)18(29)21(32)19(30)15(11)26/h1-5,9,22,33-35H. The van der Waals surface area contributed by atoms with Crippen LogP contribution < -0.4 is 0 Å². The average Bonchev–Trinajstić information content (AvgIpc) is 3.54. The molecule has 4 rings (SSSR count). The van der Waals surface area contributed by atoms with E-state index in [1.807, 2.05) is 0 Å². The second-order valence-electron chi connectivity index (χ2n) is 7.32. The number of hydrogen-bond acceptors (Lipinski definition) is 1. The van der Waals surface area contributed by atoms with Crippen LogP contribution in [-0.2, 0) is 0 Å². The van der Waals surface area contributed by atoms with Crippen LogP contribution in [0.25, 0.3) is 0 Å². The van der Waals surface area contributed by atoms with Crippen LogP contribution in [0, 0.1) is 58.2 Å². The van der Waals surface area contributed by atoms with Gasteiger partial charge in [0.2, 0.25) is 11.6 Å². The van der Waals surface area contributed by atoms with Crippen molar-refractivity contribution >= 4 is 0 Å². The number of rotatable bonds is 5. The molecule has 0 aliphatic heterocycles. The van der Waals surface area contributed by atoms with E-state index in [0.29, 0.717) is 0 Å². The van der Waals surface area contributed by atoms with Gasteiger partial charge >= 0.3 is 0 Å². The molecule has 0 aliphatic rings. The number of aliphatic hydroxyl groups excluding tert-OH is 1. The van der Waals surface area contributed by atoms with Crippen molar-refractivity contribution in [3.8, 4) is 0 Å². The predicted molar refractivity (Wildman–Crippen MR) is 99.1 cm³/mol. The zero-order valence-electron chi connectivity index (χ0n) is 16.8. The molecule has 0 bridgehead atoms. The minimum absolute atomic E-state index is 0.0349. The summed E-state index contributed by atoms with van der Waals surface area (Å²) < 4.78 is 139. The Hall–Kier alpha value is -3.74. The SMILES string of the molecule is OC(c1ccc(C(c2cc[nH]c2)c2c(F)c(F)c(F)c(F)c2F)[nH]1)c1c(F)c(F)c(F)c(F)c1F. The molecule has 0 saturated carbocycles. The predicted octanol–water partition coefficient (Wildman–Crippen LogP) is 6.00. The number of benzene rings is 2. The van der Waals surface area contributed by atoms with Crippen LogP contribution in [0.1, 0.15) is 40.1 Å². The molecule has 3 nitrogen and oxygen atoms in total. The van der Waals surface area contributed by atoms with Crippen molar-refractivity contribution < 1.29 is 49.0 Å². The van der Waals surface area contributed by atoms with Gasteiger partial charge in [-0.25, -0.2) is 43.9 Å². The highest BCUT2D eigenvalue weighted by molar-refractivity contribution is 5.43. The van der Waals surface area contributed by atoms with E-state index >= 15 is 0 Å². The van der Waals surface area contributed by atoms with Crippen LogP contribution in [0.15, 0.2) is 30.6 Å². The Bertz CT molecular complexity index is 1370.